The van der Waals surface area contributed by atoms with Crippen molar-refractivity contribution >= 4 is 36.8 Å². The van der Waals surface area contributed by atoms with Crippen molar-refractivity contribution < 1.29 is 71.5 Å². The molecule has 16 nitrogen and oxygen atoms in total. The summed E-state index contributed by atoms with van der Waals surface area (Å²) < 4.78 is 54.0. The number of piperidine rings is 1. The Bertz CT molecular complexity index is 1980. The number of ether oxygens (including phenoxy) is 5. The number of allylic oxidation sites excluding steroid dienone is 6. The molecule has 0 aromatic rings. The summed E-state index contributed by atoms with van der Waals surface area (Å²) in [5, 5.41) is 23.5. The first-order valence-corrected chi connectivity index (χ1v) is 27.9. The molecular weight excluding hydrogens is 934 g/mol. The summed E-state index contributed by atoms with van der Waals surface area (Å²) in [4.78, 5) is 72.3. The molecular formula is C54H86NO15P. The van der Waals surface area contributed by atoms with Gasteiger partial charge in [0.05, 0.1) is 37.1 Å². The van der Waals surface area contributed by atoms with Gasteiger partial charge in [0.15, 0.2) is 11.6 Å². The van der Waals surface area contributed by atoms with Crippen LogP contribution < -0.4 is 0 Å². The molecule has 3 fully saturated rings. The van der Waals surface area contributed by atoms with Crippen LogP contribution >= 0.6 is 7.60 Å². The number of hydrogen-bond acceptors (Lipinski definition) is 15. The number of methoxy groups -OCH3 is 3. The molecule has 16 atom stereocenters. The predicted octanol–water partition coefficient (Wildman–Crippen LogP) is 8.06. The summed E-state index contributed by atoms with van der Waals surface area (Å²) in [6.07, 6.45) is 10.9. The third kappa shape index (κ3) is 16.7. The highest BCUT2D eigenvalue weighted by Crippen LogP contribution is 2.48. The van der Waals surface area contributed by atoms with E-state index in [1.807, 2.05) is 58.1 Å². The number of carbonyl (C=O) groups is 5. The van der Waals surface area contributed by atoms with E-state index in [-0.39, 0.29) is 49.4 Å². The van der Waals surface area contributed by atoms with Crippen LogP contribution in [0.2, 0.25) is 0 Å². The number of nitrogens with zero attached hydrogens (tertiary/aromatic N) is 1. The summed E-state index contributed by atoms with van der Waals surface area (Å²) in [5.74, 6) is -8.22. The summed E-state index contributed by atoms with van der Waals surface area (Å²) in [5.41, 5.74) is 1.17. The minimum Gasteiger partial charge on any atom is -0.460 e. The molecule has 0 aromatic carbocycles. The molecule has 402 valence electrons. The SMILES string of the molecule is CCOP(C)(=O)O[C@@H]1CC[C@@H](C[C@@H](C)[C@@H]2CC(=O)C(C)=CC(C)[C@@H](O)[C@@H](OC)C(=O)[C@H](C)C[C@H](C)C=CC=CC=C(C)[C@@H](OC)C[C@@H]3CC[C@@H](C)[C@@](O)(O3)C(=O)C(=O)N3CCCC[C@H]3C(=O)O2)C[C@H]1OC. The van der Waals surface area contributed by atoms with E-state index in [0.29, 0.717) is 69.8 Å². The third-order valence-corrected chi connectivity index (χ3v) is 16.5. The highest BCUT2D eigenvalue weighted by molar-refractivity contribution is 7.53. The van der Waals surface area contributed by atoms with Gasteiger partial charge in [-0.2, -0.15) is 0 Å². The molecule has 2 unspecified atom stereocenters. The predicted molar refractivity (Wildman–Crippen MR) is 269 cm³/mol. The van der Waals surface area contributed by atoms with Crippen LogP contribution in [0.1, 0.15) is 132 Å². The summed E-state index contributed by atoms with van der Waals surface area (Å²) in [6.45, 7) is 16.1. The van der Waals surface area contributed by atoms with Crippen molar-refractivity contribution in [3.63, 3.8) is 0 Å². The number of amides is 1. The van der Waals surface area contributed by atoms with Crippen molar-refractivity contribution in [2.45, 2.75) is 187 Å². The third-order valence-electron chi connectivity index (χ3n) is 15.2. The lowest BCUT2D eigenvalue weighted by molar-refractivity contribution is -0.265. The van der Waals surface area contributed by atoms with Crippen LogP contribution in [0.4, 0.5) is 0 Å². The number of ketones is 3. The van der Waals surface area contributed by atoms with E-state index in [0.717, 1.165) is 5.57 Å². The highest BCUT2D eigenvalue weighted by Gasteiger charge is 2.53. The van der Waals surface area contributed by atoms with Crippen molar-refractivity contribution in [3.05, 3.63) is 47.6 Å². The van der Waals surface area contributed by atoms with Crippen molar-refractivity contribution in [1.29, 1.82) is 0 Å². The van der Waals surface area contributed by atoms with E-state index >= 15 is 0 Å². The zero-order chi connectivity index (χ0) is 52.8. The molecule has 2 N–H and O–H groups in total. The second-order valence-electron chi connectivity index (χ2n) is 20.9. The van der Waals surface area contributed by atoms with Crippen molar-refractivity contribution in [1.82, 2.24) is 4.90 Å². The lowest BCUT2D eigenvalue weighted by Crippen LogP contribution is -2.61. The molecule has 17 heteroatoms. The number of cyclic esters (lactones) is 1. The van der Waals surface area contributed by atoms with Crippen LogP contribution in [0.3, 0.4) is 0 Å². The Labute approximate surface area is 423 Å². The number of rotatable bonds is 10. The van der Waals surface area contributed by atoms with Gasteiger partial charge < -0.3 is 47.8 Å². The Morgan fingerprint density at radius 1 is 0.887 bits per heavy atom. The monoisotopic (exact) mass is 1020 g/mol. The second-order valence-corrected chi connectivity index (χ2v) is 22.9. The van der Waals surface area contributed by atoms with E-state index in [9.17, 15) is 38.8 Å². The molecule has 71 heavy (non-hydrogen) atoms. The quantitative estimate of drug-likeness (QED) is 0.120. The van der Waals surface area contributed by atoms with Crippen molar-refractivity contribution in [2.75, 3.05) is 41.1 Å². The maximum atomic E-state index is 14.5. The highest BCUT2D eigenvalue weighted by atomic mass is 31.2. The average Bonchev–Trinajstić information content (AvgIpc) is 3.33. The standard InChI is InChI=1S/C54H86NO15P/c1-13-67-71(12,63)70-44-25-23-40(30-47(44)65-10)29-36(5)46-32-43(56)35(4)28-38(7)49(58)50(66-11)48(57)37(6)27-33(2)19-15-14-16-20-34(3)45(64-9)31-41-24-22-39(8)54(62,69-41)51(59)52(60)55-26-18-17-21-42(55)53(61)68-46/h14-16,19-20,28,33,36-42,44-47,49-50,58,62H,13,17-18,21-27,29-32H2,1-12H3/t33-,36-,37-,38?,39-,40+,41+,42+,44-,45+,46+,47-,49-,50+,54-,71?/m1/s1. The van der Waals surface area contributed by atoms with Gasteiger partial charge in [-0.3, -0.25) is 23.7 Å². The Kier molecular flexibility index (Phi) is 23.7. The van der Waals surface area contributed by atoms with Gasteiger partial charge in [0.2, 0.25) is 5.79 Å². The Morgan fingerprint density at radius 3 is 2.27 bits per heavy atom. The molecule has 0 spiro atoms. The minimum atomic E-state index is -3.32. The largest absolute Gasteiger partial charge is 0.460 e. The van der Waals surface area contributed by atoms with E-state index in [2.05, 4.69) is 0 Å². The van der Waals surface area contributed by atoms with Crippen molar-refractivity contribution in [3.8, 4) is 0 Å². The first-order valence-electron chi connectivity index (χ1n) is 25.9. The fourth-order valence-corrected chi connectivity index (χ4v) is 12.0. The number of esters is 1. The van der Waals surface area contributed by atoms with Crippen LogP contribution in [0.25, 0.3) is 0 Å². The van der Waals surface area contributed by atoms with Crippen molar-refractivity contribution in [2.24, 2.45) is 35.5 Å². The van der Waals surface area contributed by atoms with Gasteiger partial charge in [0, 0.05) is 65.1 Å². The lowest BCUT2D eigenvalue weighted by atomic mass is 9.78. The Balaban J connectivity index is 1.70. The summed E-state index contributed by atoms with van der Waals surface area (Å²) in [7, 11) is 1.21. The number of carbonyl (C=O) groups excluding carboxylic acids is 5. The second kappa shape index (κ2) is 27.9. The average molecular weight is 1020 g/mol. The zero-order valence-corrected chi connectivity index (χ0v) is 45.4. The van der Waals surface area contributed by atoms with E-state index < -0.39 is 103 Å². The molecule has 2 saturated heterocycles. The first-order chi connectivity index (χ1) is 33.5. The fraction of sp³-hybridized carbons (Fsp3) is 0.759. The van der Waals surface area contributed by atoms with Crippen LogP contribution in [0, 0.1) is 35.5 Å². The van der Waals surface area contributed by atoms with Crippen LogP contribution in [-0.4, -0.2) is 140 Å². The van der Waals surface area contributed by atoms with Gasteiger partial charge in [0.25, 0.3) is 11.7 Å². The Hall–Kier alpha value is -3.18. The van der Waals surface area contributed by atoms with Gasteiger partial charge in [-0.1, -0.05) is 71.1 Å². The molecule has 1 saturated carbocycles. The molecule has 2 bridgehead atoms. The van der Waals surface area contributed by atoms with E-state index in [4.69, 9.17) is 32.7 Å². The molecule has 3 heterocycles. The molecule has 4 rings (SSSR count). The number of aliphatic hydroxyl groups excluding tert-OH is 1. The maximum Gasteiger partial charge on any atom is 0.329 e. The number of Topliss-reactive ketones (excluding diaryl/α,β-unsaturated/α-hetero) is 3. The molecule has 1 amide bonds. The zero-order valence-electron chi connectivity index (χ0n) is 44.5. The molecule has 0 aromatic heterocycles. The Morgan fingerprint density at radius 2 is 1.61 bits per heavy atom. The molecule has 3 aliphatic heterocycles. The molecule has 4 aliphatic rings. The topological polar surface area (TPSA) is 211 Å². The number of aliphatic hydroxyl groups is 2. The summed E-state index contributed by atoms with van der Waals surface area (Å²) in [6, 6.07) is -1.17. The minimum absolute atomic E-state index is 0.00936. The number of fused-ring (bicyclic) bond motifs is 3. The lowest BCUT2D eigenvalue weighted by Gasteiger charge is -2.42. The van der Waals surface area contributed by atoms with Gasteiger partial charge >= 0.3 is 13.6 Å². The van der Waals surface area contributed by atoms with Crippen LogP contribution in [0.15, 0.2) is 47.6 Å². The molecule has 0 radical (unpaired) electrons. The van der Waals surface area contributed by atoms with Gasteiger partial charge in [-0.05, 0) is 114 Å². The van der Waals surface area contributed by atoms with E-state index in [1.54, 1.807) is 48.0 Å². The normalized spacial score (nSPS) is 36.6. The van der Waals surface area contributed by atoms with Crippen LogP contribution in [0.5, 0.6) is 0 Å². The van der Waals surface area contributed by atoms with E-state index in [1.165, 1.54) is 18.7 Å². The maximum absolute atomic E-state index is 14.5. The van der Waals surface area contributed by atoms with Crippen LogP contribution in [-0.2, 0) is 61.3 Å². The van der Waals surface area contributed by atoms with Gasteiger partial charge in [0.1, 0.15) is 18.2 Å². The first kappa shape index (κ1) is 60.4. The van der Waals surface area contributed by atoms with Gasteiger partial charge in [-0.15, -0.1) is 0 Å². The fourth-order valence-electron chi connectivity index (χ4n) is 10.8. The number of hydrogen-bond donors (Lipinski definition) is 2. The molecule has 1 aliphatic carbocycles. The summed E-state index contributed by atoms with van der Waals surface area (Å²) >= 11 is 0. The smallest absolute Gasteiger partial charge is 0.329 e. The van der Waals surface area contributed by atoms with Gasteiger partial charge in [-0.25, -0.2) is 4.79 Å².